The van der Waals surface area contributed by atoms with Crippen LogP contribution in [0.2, 0.25) is 0 Å². The first-order valence-corrected chi connectivity index (χ1v) is 7.92. The van der Waals surface area contributed by atoms with Crippen LogP contribution in [-0.4, -0.2) is 17.5 Å². The number of nitrogens with one attached hydrogen (secondary N) is 1. The molecular weight excluding hydrogens is 284 g/mol. The van der Waals surface area contributed by atoms with E-state index in [0.29, 0.717) is 19.4 Å². The number of hydrogen-bond acceptors (Lipinski definition) is 4. The van der Waals surface area contributed by atoms with Crippen molar-refractivity contribution >= 4 is 17.2 Å². The van der Waals surface area contributed by atoms with Gasteiger partial charge in [0.25, 0.3) is 0 Å². The minimum absolute atomic E-state index is 0.0322. The highest BCUT2D eigenvalue weighted by Crippen LogP contribution is 2.15. The molecule has 1 N–H and O–H groups in total. The molecule has 21 heavy (non-hydrogen) atoms. The van der Waals surface area contributed by atoms with E-state index < -0.39 is 0 Å². The van der Waals surface area contributed by atoms with Crippen LogP contribution in [0.3, 0.4) is 0 Å². The maximum atomic E-state index is 11.9. The topological polar surface area (TPSA) is 51.2 Å². The van der Waals surface area contributed by atoms with Crippen LogP contribution >= 0.6 is 11.3 Å². The van der Waals surface area contributed by atoms with Gasteiger partial charge >= 0.3 is 0 Å². The standard InChI is InChI=1S/C16H20N2O2S/c1-12(15-11-21-13(2)18-15)17-16(19)9-6-10-20-14-7-4-3-5-8-14/h3-5,7-8,11-12H,6,9-10H2,1-2H3,(H,17,19)/t12-/m1/s1. The van der Waals surface area contributed by atoms with Gasteiger partial charge in [0, 0.05) is 11.8 Å². The summed E-state index contributed by atoms with van der Waals surface area (Å²) in [5.74, 6) is 0.869. The zero-order valence-electron chi connectivity index (χ0n) is 12.3. The second kappa shape index (κ2) is 7.78. The Hall–Kier alpha value is -1.88. The van der Waals surface area contributed by atoms with Crippen molar-refractivity contribution < 1.29 is 9.53 Å². The summed E-state index contributed by atoms with van der Waals surface area (Å²) in [5, 5.41) is 5.96. The van der Waals surface area contributed by atoms with Gasteiger partial charge in [-0.2, -0.15) is 0 Å². The molecule has 1 aromatic heterocycles. The van der Waals surface area contributed by atoms with Crippen molar-refractivity contribution in [1.29, 1.82) is 0 Å². The number of carbonyl (C=O) groups is 1. The van der Waals surface area contributed by atoms with Crippen molar-refractivity contribution in [3.63, 3.8) is 0 Å². The Morgan fingerprint density at radius 1 is 1.38 bits per heavy atom. The van der Waals surface area contributed by atoms with E-state index in [1.807, 2.05) is 49.6 Å². The van der Waals surface area contributed by atoms with E-state index in [1.54, 1.807) is 11.3 Å². The fraction of sp³-hybridized carbons (Fsp3) is 0.375. The lowest BCUT2D eigenvalue weighted by atomic mass is 10.2. The Bertz CT molecular complexity index is 569. The van der Waals surface area contributed by atoms with Crippen LogP contribution in [-0.2, 0) is 4.79 Å². The van der Waals surface area contributed by atoms with E-state index in [2.05, 4.69) is 10.3 Å². The molecule has 0 radical (unpaired) electrons. The highest BCUT2D eigenvalue weighted by molar-refractivity contribution is 7.09. The van der Waals surface area contributed by atoms with E-state index in [1.165, 1.54) is 0 Å². The van der Waals surface area contributed by atoms with Crippen LogP contribution in [0.1, 0.15) is 36.5 Å². The maximum Gasteiger partial charge on any atom is 0.220 e. The maximum absolute atomic E-state index is 11.9. The number of amides is 1. The number of nitrogens with zero attached hydrogens (tertiary/aromatic N) is 1. The first-order valence-electron chi connectivity index (χ1n) is 7.04. The molecule has 0 saturated heterocycles. The van der Waals surface area contributed by atoms with Crippen molar-refractivity contribution in [3.05, 3.63) is 46.4 Å². The Morgan fingerprint density at radius 3 is 2.81 bits per heavy atom. The van der Waals surface area contributed by atoms with Gasteiger partial charge in [-0.1, -0.05) is 18.2 Å². The number of para-hydroxylation sites is 1. The fourth-order valence-electron chi connectivity index (χ4n) is 1.91. The van der Waals surface area contributed by atoms with Crippen LogP contribution in [0.15, 0.2) is 35.7 Å². The molecule has 0 aliphatic heterocycles. The number of benzene rings is 1. The van der Waals surface area contributed by atoms with Gasteiger partial charge < -0.3 is 10.1 Å². The van der Waals surface area contributed by atoms with Gasteiger partial charge in [-0.25, -0.2) is 4.98 Å². The lowest BCUT2D eigenvalue weighted by Gasteiger charge is -2.11. The molecular formula is C16H20N2O2S. The van der Waals surface area contributed by atoms with Crippen molar-refractivity contribution in [3.8, 4) is 5.75 Å². The Labute approximate surface area is 129 Å². The predicted molar refractivity (Wildman–Crippen MR) is 84.6 cm³/mol. The van der Waals surface area contributed by atoms with E-state index in [4.69, 9.17) is 4.74 Å². The highest BCUT2D eigenvalue weighted by atomic mass is 32.1. The average molecular weight is 304 g/mol. The number of hydrogen-bond donors (Lipinski definition) is 1. The smallest absolute Gasteiger partial charge is 0.220 e. The Kier molecular flexibility index (Phi) is 5.75. The third-order valence-corrected chi connectivity index (χ3v) is 3.81. The molecule has 4 nitrogen and oxygen atoms in total. The van der Waals surface area contributed by atoms with Crippen LogP contribution in [0.25, 0.3) is 0 Å². The third-order valence-electron chi connectivity index (χ3n) is 3.02. The molecule has 112 valence electrons. The number of aryl methyl sites for hydroxylation is 1. The summed E-state index contributed by atoms with van der Waals surface area (Å²) in [6, 6.07) is 9.58. The molecule has 1 atom stereocenters. The third kappa shape index (κ3) is 5.19. The summed E-state index contributed by atoms with van der Waals surface area (Å²) in [6.07, 6.45) is 1.16. The zero-order chi connectivity index (χ0) is 15.1. The predicted octanol–water partition coefficient (Wildman–Crippen LogP) is 3.49. The second-order valence-corrected chi connectivity index (χ2v) is 5.91. The summed E-state index contributed by atoms with van der Waals surface area (Å²) < 4.78 is 5.56. The van der Waals surface area contributed by atoms with Gasteiger partial charge in [0.05, 0.1) is 23.4 Å². The van der Waals surface area contributed by atoms with Gasteiger partial charge in [-0.3, -0.25) is 4.79 Å². The molecule has 0 spiro atoms. The lowest BCUT2D eigenvalue weighted by molar-refractivity contribution is -0.122. The van der Waals surface area contributed by atoms with Crippen LogP contribution in [0, 0.1) is 6.92 Å². The van der Waals surface area contributed by atoms with E-state index in [9.17, 15) is 4.79 Å². The van der Waals surface area contributed by atoms with E-state index in [-0.39, 0.29) is 11.9 Å². The second-order valence-electron chi connectivity index (χ2n) is 4.85. The summed E-state index contributed by atoms with van der Waals surface area (Å²) in [5.41, 5.74) is 0.923. The van der Waals surface area contributed by atoms with Crippen LogP contribution in [0.5, 0.6) is 5.75 Å². The molecule has 2 aromatic rings. The fourth-order valence-corrected chi connectivity index (χ4v) is 2.61. The number of carbonyl (C=O) groups excluding carboxylic acids is 1. The Morgan fingerprint density at radius 2 is 2.14 bits per heavy atom. The quantitative estimate of drug-likeness (QED) is 0.797. The number of ether oxygens (including phenoxy) is 1. The first kappa shape index (κ1) is 15.5. The molecule has 5 heteroatoms. The van der Waals surface area contributed by atoms with Crippen molar-refractivity contribution in [2.24, 2.45) is 0 Å². The van der Waals surface area contributed by atoms with Crippen molar-refractivity contribution in [2.75, 3.05) is 6.61 Å². The molecule has 1 aromatic carbocycles. The minimum Gasteiger partial charge on any atom is -0.494 e. The SMILES string of the molecule is Cc1nc([C@@H](C)NC(=O)CCCOc2ccccc2)cs1. The molecule has 0 aliphatic carbocycles. The van der Waals surface area contributed by atoms with Gasteiger partial charge in [0.2, 0.25) is 5.91 Å². The van der Waals surface area contributed by atoms with Crippen molar-refractivity contribution in [1.82, 2.24) is 10.3 Å². The average Bonchev–Trinajstić information content (AvgIpc) is 2.91. The zero-order valence-corrected chi connectivity index (χ0v) is 13.2. The van der Waals surface area contributed by atoms with E-state index >= 15 is 0 Å². The molecule has 0 fully saturated rings. The summed E-state index contributed by atoms with van der Waals surface area (Å²) in [6.45, 7) is 4.46. The monoisotopic (exact) mass is 304 g/mol. The molecule has 2 rings (SSSR count). The lowest BCUT2D eigenvalue weighted by Crippen LogP contribution is -2.26. The normalized spacial score (nSPS) is 11.9. The molecule has 0 saturated carbocycles. The molecule has 1 heterocycles. The number of rotatable bonds is 7. The largest absolute Gasteiger partial charge is 0.494 e. The molecule has 0 unspecified atom stereocenters. The van der Waals surface area contributed by atoms with E-state index in [0.717, 1.165) is 16.5 Å². The number of aromatic nitrogens is 1. The van der Waals surface area contributed by atoms with Crippen LogP contribution in [0.4, 0.5) is 0 Å². The van der Waals surface area contributed by atoms with Gasteiger partial charge in [-0.05, 0) is 32.4 Å². The van der Waals surface area contributed by atoms with Gasteiger partial charge in [-0.15, -0.1) is 11.3 Å². The Balaban J connectivity index is 1.65. The van der Waals surface area contributed by atoms with Gasteiger partial charge in [0.15, 0.2) is 0 Å². The van der Waals surface area contributed by atoms with Crippen molar-refractivity contribution in [2.45, 2.75) is 32.7 Å². The molecule has 0 bridgehead atoms. The minimum atomic E-state index is -0.0440. The summed E-state index contributed by atoms with van der Waals surface area (Å²) in [7, 11) is 0. The summed E-state index contributed by atoms with van der Waals surface area (Å²) >= 11 is 1.60. The molecule has 1 amide bonds. The first-order chi connectivity index (χ1) is 10.1. The summed E-state index contributed by atoms with van der Waals surface area (Å²) in [4.78, 5) is 16.2. The number of thiazole rings is 1. The highest BCUT2D eigenvalue weighted by Gasteiger charge is 2.11. The molecule has 0 aliphatic rings. The van der Waals surface area contributed by atoms with Gasteiger partial charge in [0.1, 0.15) is 5.75 Å². The van der Waals surface area contributed by atoms with Crippen LogP contribution < -0.4 is 10.1 Å².